The number of benzene rings is 1. The number of hydrogen-bond donors (Lipinski definition) is 0. The highest BCUT2D eigenvalue weighted by Crippen LogP contribution is 2.22. The summed E-state index contributed by atoms with van der Waals surface area (Å²) in [7, 11) is -2.85. The zero-order chi connectivity index (χ0) is 15.3. The highest BCUT2D eigenvalue weighted by Gasteiger charge is 2.24. The quantitative estimate of drug-likeness (QED) is 0.726. The summed E-state index contributed by atoms with van der Waals surface area (Å²) >= 11 is 0. The molecule has 1 aliphatic heterocycles. The van der Waals surface area contributed by atoms with Gasteiger partial charge in [0.15, 0.2) is 0 Å². The topological polar surface area (TPSA) is 37.4 Å². The molecule has 1 atom stereocenters. The predicted molar refractivity (Wildman–Crippen MR) is 83.6 cm³/mol. The van der Waals surface area contributed by atoms with Gasteiger partial charge in [-0.05, 0) is 62.9 Å². The fourth-order valence-electron chi connectivity index (χ4n) is 3.04. The van der Waals surface area contributed by atoms with Gasteiger partial charge in [-0.2, -0.15) is 0 Å². The van der Waals surface area contributed by atoms with Crippen LogP contribution < -0.4 is 0 Å². The van der Waals surface area contributed by atoms with Crippen molar-refractivity contribution < 1.29 is 12.8 Å². The Labute approximate surface area is 127 Å². The number of likely N-dealkylation sites (tertiary alicyclic amines) is 1. The SMILES string of the molecule is CS(=O)(=O)CCCCN1CCC[C@@H]1Cc1cccc(F)c1. The molecule has 2 rings (SSSR count). The van der Waals surface area contributed by atoms with Crippen molar-refractivity contribution in [2.24, 2.45) is 0 Å². The van der Waals surface area contributed by atoms with Gasteiger partial charge < -0.3 is 4.90 Å². The summed E-state index contributed by atoms with van der Waals surface area (Å²) in [6.45, 7) is 2.01. The van der Waals surface area contributed by atoms with Gasteiger partial charge in [0.25, 0.3) is 0 Å². The monoisotopic (exact) mass is 313 g/mol. The van der Waals surface area contributed by atoms with Crippen LogP contribution in [0.5, 0.6) is 0 Å². The van der Waals surface area contributed by atoms with E-state index in [1.807, 2.05) is 6.07 Å². The van der Waals surface area contributed by atoms with Gasteiger partial charge in [0.1, 0.15) is 15.7 Å². The van der Waals surface area contributed by atoms with Crippen molar-refractivity contribution in [1.82, 2.24) is 4.90 Å². The normalized spacial score (nSPS) is 20.0. The summed E-state index contributed by atoms with van der Waals surface area (Å²) in [6.07, 6.45) is 6.11. The molecule has 0 N–H and O–H groups in total. The highest BCUT2D eigenvalue weighted by molar-refractivity contribution is 7.90. The van der Waals surface area contributed by atoms with E-state index in [4.69, 9.17) is 0 Å². The van der Waals surface area contributed by atoms with Crippen molar-refractivity contribution in [1.29, 1.82) is 0 Å². The second-order valence-corrected chi connectivity index (χ2v) is 8.26. The maximum atomic E-state index is 13.2. The number of hydrogen-bond acceptors (Lipinski definition) is 3. The van der Waals surface area contributed by atoms with Crippen molar-refractivity contribution >= 4 is 9.84 Å². The first kappa shape index (κ1) is 16.4. The van der Waals surface area contributed by atoms with Crippen LogP contribution >= 0.6 is 0 Å². The van der Waals surface area contributed by atoms with Crippen LogP contribution in [-0.4, -0.2) is 44.5 Å². The predicted octanol–water partition coefficient (Wildman–Crippen LogP) is 2.66. The third kappa shape index (κ3) is 5.75. The molecule has 118 valence electrons. The lowest BCUT2D eigenvalue weighted by Gasteiger charge is -2.24. The van der Waals surface area contributed by atoms with Crippen LogP contribution in [-0.2, 0) is 16.3 Å². The minimum atomic E-state index is -2.85. The molecule has 0 saturated carbocycles. The molecule has 1 aromatic rings. The molecule has 1 fully saturated rings. The number of rotatable bonds is 7. The molecule has 0 aliphatic carbocycles. The van der Waals surface area contributed by atoms with Gasteiger partial charge in [-0.3, -0.25) is 0 Å². The smallest absolute Gasteiger partial charge is 0.147 e. The summed E-state index contributed by atoms with van der Waals surface area (Å²) < 4.78 is 35.5. The Hall–Kier alpha value is -0.940. The number of nitrogens with zero attached hydrogens (tertiary/aromatic N) is 1. The minimum absolute atomic E-state index is 0.176. The molecule has 0 amide bonds. The van der Waals surface area contributed by atoms with Crippen LogP contribution in [0, 0.1) is 5.82 Å². The Bertz CT molecular complexity index is 559. The summed E-state index contributed by atoms with van der Waals surface area (Å²) in [5.74, 6) is 0.0975. The maximum absolute atomic E-state index is 13.2. The van der Waals surface area contributed by atoms with Crippen LogP contribution in [0.3, 0.4) is 0 Å². The summed E-state index contributed by atoms with van der Waals surface area (Å²) in [6, 6.07) is 7.28. The van der Waals surface area contributed by atoms with E-state index < -0.39 is 9.84 Å². The van der Waals surface area contributed by atoms with Gasteiger partial charge in [-0.15, -0.1) is 0 Å². The van der Waals surface area contributed by atoms with Crippen LogP contribution in [0.4, 0.5) is 4.39 Å². The third-order valence-corrected chi connectivity index (χ3v) is 5.10. The molecule has 3 nitrogen and oxygen atoms in total. The first-order valence-electron chi connectivity index (χ1n) is 7.60. The van der Waals surface area contributed by atoms with E-state index in [2.05, 4.69) is 4.90 Å². The molecule has 0 unspecified atom stereocenters. The van der Waals surface area contributed by atoms with Gasteiger partial charge in [0.05, 0.1) is 0 Å². The molecule has 5 heteroatoms. The van der Waals surface area contributed by atoms with Crippen molar-refractivity contribution in [3.8, 4) is 0 Å². The zero-order valence-corrected chi connectivity index (χ0v) is 13.4. The van der Waals surface area contributed by atoms with Crippen molar-refractivity contribution in [2.45, 2.75) is 38.1 Å². The van der Waals surface area contributed by atoms with Gasteiger partial charge in [0, 0.05) is 18.1 Å². The Morgan fingerprint density at radius 3 is 2.86 bits per heavy atom. The van der Waals surface area contributed by atoms with Gasteiger partial charge in [0.2, 0.25) is 0 Å². The molecule has 1 aromatic carbocycles. The maximum Gasteiger partial charge on any atom is 0.147 e. The van der Waals surface area contributed by atoms with Gasteiger partial charge in [-0.25, -0.2) is 12.8 Å². The molecule has 1 heterocycles. The first-order valence-corrected chi connectivity index (χ1v) is 9.66. The van der Waals surface area contributed by atoms with Gasteiger partial charge in [-0.1, -0.05) is 12.1 Å². The van der Waals surface area contributed by atoms with Crippen LogP contribution in [0.15, 0.2) is 24.3 Å². The molecule has 0 radical (unpaired) electrons. The van der Waals surface area contributed by atoms with Crippen LogP contribution in [0.25, 0.3) is 0 Å². The summed E-state index contributed by atoms with van der Waals surface area (Å²) in [5, 5.41) is 0. The van der Waals surface area contributed by atoms with Gasteiger partial charge >= 0.3 is 0 Å². The molecule has 1 saturated heterocycles. The number of halogens is 1. The Kier molecular flexibility index (Phi) is 5.76. The van der Waals surface area contributed by atoms with E-state index in [0.717, 1.165) is 44.3 Å². The van der Waals surface area contributed by atoms with Crippen LogP contribution in [0.1, 0.15) is 31.2 Å². The lowest BCUT2D eigenvalue weighted by atomic mass is 10.0. The highest BCUT2D eigenvalue weighted by atomic mass is 32.2. The average Bonchev–Trinajstić information content (AvgIpc) is 2.81. The number of unbranched alkanes of at least 4 members (excludes halogenated alkanes) is 1. The van der Waals surface area contributed by atoms with E-state index in [1.54, 1.807) is 12.1 Å². The fraction of sp³-hybridized carbons (Fsp3) is 0.625. The Morgan fingerprint density at radius 2 is 2.14 bits per heavy atom. The third-order valence-electron chi connectivity index (χ3n) is 4.07. The molecule has 0 aromatic heterocycles. The van der Waals surface area contributed by atoms with E-state index >= 15 is 0 Å². The Balaban J connectivity index is 1.80. The average molecular weight is 313 g/mol. The van der Waals surface area contributed by atoms with E-state index in [0.29, 0.717) is 6.04 Å². The largest absolute Gasteiger partial charge is 0.300 e. The lowest BCUT2D eigenvalue weighted by Crippen LogP contribution is -2.32. The molecule has 0 spiro atoms. The minimum Gasteiger partial charge on any atom is -0.300 e. The first-order chi connectivity index (χ1) is 9.94. The zero-order valence-electron chi connectivity index (χ0n) is 12.6. The second kappa shape index (κ2) is 7.36. The van der Waals surface area contributed by atoms with E-state index in [9.17, 15) is 12.8 Å². The van der Waals surface area contributed by atoms with Crippen LogP contribution in [0.2, 0.25) is 0 Å². The van der Waals surface area contributed by atoms with E-state index in [1.165, 1.54) is 18.7 Å². The standard InChI is InChI=1S/C16H24FNO2S/c1-21(19,20)11-3-2-9-18-10-5-8-16(18)13-14-6-4-7-15(17)12-14/h4,6-7,12,16H,2-3,5,8-11,13H2,1H3/t16-/m1/s1. The molecule has 0 bridgehead atoms. The Morgan fingerprint density at radius 1 is 1.33 bits per heavy atom. The van der Waals surface area contributed by atoms with E-state index in [-0.39, 0.29) is 11.6 Å². The molecule has 21 heavy (non-hydrogen) atoms. The molecule has 1 aliphatic rings. The summed E-state index contributed by atoms with van der Waals surface area (Å²) in [4.78, 5) is 2.42. The molecular formula is C16H24FNO2S. The second-order valence-electron chi connectivity index (χ2n) is 6.00. The lowest BCUT2D eigenvalue weighted by molar-refractivity contribution is 0.248. The molecular weight excluding hydrogens is 289 g/mol. The van der Waals surface area contributed by atoms with Crippen molar-refractivity contribution in [3.63, 3.8) is 0 Å². The van der Waals surface area contributed by atoms with Crippen molar-refractivity contribution in [2.75, 3.05) is 25.1 Å². The summed E-state index contributed by atoms with van der Waals surface area (Å²) in [5.41, 5.74) is 1.04. The fourth-order valence-corrected chi connectivity index (χ4v) is 3.76. The van der Waals surface area contributed by atoms with Crippen molar-refractivity contribution in [3.05, 3.63) is 35.6 Å². The number of sulfone groups is 1.